The maximum Gasteiger partial charge on any atom is 0.323 e. The monoisotopic (exact) mass is 452 g/mol. The van der Waals surface area contributed by atoms with Crippen LogP contribution < -0.4 is 9.80 Å². The number of anilines is 3. The fraction of sp³-hybridized carbons (Fsp3) is 0.333. The zero-order valence-corrected chi connectivity index (χ0v) is 17.4. The lowest BCUT2D eigenvalue weighted by molar-refractivity contribution is -0.136. The van der Waals surface area contributed by atoms with Crippen LogP contribution in [-0.2, 0) is 9.59 Å². The number of aliphatic carboxylic acids is 1. The van der Waals surface area contributed by atoms with E-state index in [0.29, 0.717) is 17.6 Å². The Morgan fingerprint density at radius 2 is 2.07 bits per heavy atom. The zero-order valence-electron chi connectivity index (χ0n) is 15.0. The molecule has 27 heavy (non-hydrogen) atoms. The third-order valence-electron chi connectivity index (χ3n) is 4.28. The average Bonchev–Trinajstić information content (AvgIpc) is 2.56. The Balaban J connectivity index is 2.16. The van der Waals surface area contributed by atoms with Crippen LogP contribution in [0, 0.1) is 6.92 Å². The van der Waals surface area contributed by atoms with Crippen molar-refractivity contribution in [2.24, 2.45) is 0 Å². The number of halogens is 2. The molecule has 0 fully saturated rings. The molecule has 0 atom stereocenters. The van der Waals surface area contributed by atoms with Gasteiger partial charge in [-0.1, -0.05) is 31.5 Å². The Hall–Kier alpha value is -2.19. The highest BCUT2D eigenvalue weighted by molar-refractivity contribution is 9.10. The van der Waals surface area contributed by atoms with Gasteiger partial charge in [0.25, 0.3) is 0 Å². The van der Waals surface area contributed by atoms with Crippen LogP contribution in [0.2, 0.25) is 5.15 Å². The number of amides is 1. The number of nitrogens with zero attached hydrogens (tertiary/aromatic N) is 4. The molecule has 7 nitrogen and oxygen atoms in total. The molecule has 0 spiro atoms. The molecule has 2 heterocycles. The number of carbonyl (C=O) groups excluding carboxylic acids is 1. The third kappa shape index (κ3) is 3.77. The van der Waals surface area contributed by atoms with Gasteiger partial charge in [0, 0.05) is 4.47 Å². The number of carboxylic acids is 1. The summed E-state index contributed by atoms with van der Waals surface area (Å²) in [4.78, 5) is 35.3. The normalized spacial score (nSPS) is 13.9. The molecule has 1 aliphatic heterocycles. The summed E-state index contributed by atoms with van der Waals surface area (Å²) in [5.41, 5.74) is 2.11. The van der Waals surface area contributed by atoms with E-state index >= 15 is 0 Å². The van der Waals surface area contributed by atoms with Crippen molar-refractivity contribution in [3.05, 3.63) is 39.2 Å². The molecule has 0 saturated heterocycles. The molecule has 142 valence electrons. The number of rotatable bonds is 4. The number of aromatic nitrogens is 2. The minimum absolute atomic E-state index is 0.0479. The first-order chi connectivity index (χ1) is 12.7. The number of fused-ring (bicyclic) bond motifs is 1. The molecule has 0 radical (unpaired) electrons. The molecule has 1 aliphatic rings. The third-order valence-corrected chi connectivity index (χ3v) is 5.18. The number of hydrogen-bond donors (Lipinski definition) is 1. The molecule has 0 bridgehead atoms. The summed E-state index contributed by atoms with van der Waals surface area (Å²) in [6, 6.07) is 5.91. The van der Waals surface area contributed by atoms with Gasteiger partial charge in [-0.25, -0.2) is 9.97 Å². The standard InChI is InChI=1S/C18H18BrClN4O3/c1-9(2)11-4-5-13(12(19)6-11)23-7-14(25)24(8-15(26)27)16-17(20)21-10(3)22-18(16)23/h4-6,9H,7-8H2,1-3H3,(H,26,27). The first-order valence-corrected chi connectivity index (χ1v) is 9.49. The van der Waals surface area contributed by atoms with Crippen LogP contribution in [0.25, 0.3) is 0 Å². The summed E-state index contributed by atoms with van der Waals surface area (Å²) in [6.07, 6.45) is 0. The summed E-state index contributed by atoms with van der Waals surface area (Å²) in [7, 11) is 0. The van der Waals surface area contributed by atoms with E-state index in [1.165, 1.54) is 0 Å². The second kappa shape index (κ2) is 7.44. The van der Waals surface area contributed by atoms with E-state index in [-0.39, 0.29) is 23.3 Å². The molecule has 1 N–H and O–H groups in total. The highest BCUT2D eigenvalue weighted by atomic mass is 79.9. The van der Waals surface area contributed by atoms with E-state index in [2.05, 4.69) is 39.7 Å². The van der Waals surface area contributed by atoms with Gasteiger partial charge in [-0.2, -0.15) is 0 Å². The van der Waals surface area contributed by atoms with Crippen molar-refractivity contribution in [2.75, 3.05) is 22.9 Å². The summed E-state index contributed by atoms with van der Waals surface area (Å²) in [6.45, 7) is 5.34. The van der Waals surface area contributed by atoms with E-state index in [0.717, 1.165) is 20.6 Å². The van der Waals surface area contributed by atoms with Gasteiger partial charge in [-0.05, 0) is 46.5 Å². The highest BCUT2D eigenvalue weighted by Crippen LogP contribution is 2.43. The molecule has 1 aromatic heterocycles. The molecule has 0 saturated carbocycles. The number of carbonyl (C=O) groups is 2. The number of aryl methyl sites for hydroxylation is 1. The van der Waals surface area contributed by atoms with Gasteiger partial charge in [-0.3, -0.25) is 14.5 Å². The predicted octanol–water partition coefficient (Wildman–Crippen LogP) is 3.89. The molecule has 2 aromatic rings. The Morgan fingerprint density at radius 1 is 1.37 bits per heavy atom. The molecule has 0 aliphatic carbocycles. The summed E-state index contributed by atoms with van der Waals surface area (Å²) in [5, 5.41) is 9.21. The molecule has 1 aromatic carbocycles. The van der Waals surface area contributed by atoms with Crippen molar-refractivity contribution in [3.8, 4) is 0 Å². The lowest BCUT2D eigenvalue weighted by Crippen LogP contribution is -2.47. The molecule has 0 unspecified atom stereocenters. The van der Waals surface area contributed by atoms with Gasteiger partial charge in [0.15, 0.2) is 11.0 Å². The van der Waals surface area contributed by atoms with Crippen molar-refractivity contribution < 1.29 is 14.7 Å². The van der Waals surface area contributed by atoms with E-state index in [1.807, 2.05) is 18.2 Å². The van der Waals surface area contributed by atoms with Crippen LogP contribution in [-0.4, -0.2) is 40.0 Å². The van der Waals surface area contributed by atoms with Crippen LogP contribution in [0.5, 0.6) is 0 Å². The minimum Gasteiger partial charge on any atom is -0.480 e. The van der Waals surface area contributed by atoms with Gasteiger partial charge in [0.05, 0.1) is 5.69 Å². The maximum absolute atomic E-state index is 12.7. The van der Waals surface area contributed by atoms with Crippen molar-refractivity contribution in [2.45, 2.75) is 26.7 Å². The van der Waals surface area contributed by atoms with Crippen LogP contribution >= 0.6 is 27.5 Å². The fourth-order valence-corrected chi connectivity index (χ4v) is 3.88. The van der Waals surface area contributed by atoms with E-state index in [4.69, 9.17) is 16.7 Å². The van der Waals surface area contributed by atoms with E-state index in [1.54, 1.807) is 11.8 Å². The second-order valence-corrected chi connectivity index (χ2v) is 7.77. The Kier molecular flexibility index (Phi) is 5.39. The molecule has 9 heteroatoms. The number of benzene rings is 1. The highest BCUT2D eigenvalue weighted by Gasteiger charge is 2.36. The molecule has 1 amide bonds. The topological polar surface area (TPSA) is 86.6 Å². The number of hydrogen-bond acceptors (Lipinski definition) is 5. The Morgan fingerprint density at radius 3 is 2.67 bits per heavy atom. The SMILES string of the molecule is Cc1nc(Cl)c2c(n1)N(c1ccc(C(C)C)cc1Br)CC(=O)N2CC(=O)O. The predicted molar refractivity (Wildman–Crippen MR) is 107 cm³/mol. The van der Waals surface area contributed by atoms with Gasteiger partial charge in [-0.15, -0.1) is 0 Å². The maximum atomic E-state index is 12.7. The van der Waals surface area contributed by atoms with Crippen LogP contribution in [0.3, 0.4) is 0 Å². The lowest BCUT2D eigenvalue weighted by Gasteiger charge is -2.36. The van der Waals surface area contributed by atoms with Gasteiger partial charge in [0.2, 0.25) is 5.91 Å². The zero-order chi connectivity index (χ0) is 19.9. The van der Waals surface area contributed by atoms with E-state index in [9.17, 15) is 9.59 Å². The molecule has 3 rings (SSSR count). The number of carboxylic acid groups (broad SMARTS) is 1. The average molecular weight is 454 g/mol. The van der Waals surface area contributed by atoms with Crippen molar-refractivity contribution in [1.82, 2.24) is 9.97 Å². The Labute approximate surface area is 170 Å². The molecular weight excluding hydrogens is 436 g/mol. The lowest BCUT2D eigenvalue weighted by atomic mass is 10.0. The summed E-state index contributed by atoms with van der Waals surface area (Å²) >= 11 is 9.85. The van der Waals surface area contributed by atoms with Crippen molar-refractivity contribution >= 4 is 56.6 Å². The van der Waals surface area contributed by atoms with Crippen LogP contribution in [0.15, 0.2) is 22.7 Å². The first kappa shape index (κ1) is 19.6. The van der Waals surface area contributed by atoms with Gasteiger partial charge in [0.1, 0.15) is 24.6 Å². The van der Waals surface area contributed by atoms with E-state index < -0.39 is 12.5 Å². The summed E-state index contributed by atoms with van der Waals surface area (Å²) < 4.78 is 0.812. The smallest absolute Gasteiger partial charge is 0.323 e. The largest absolute Gasteiger partial charge is 0.480 e. The fourth-order valence-electron chi connectivity index (χ4n) is 2.96. The summed E-state index contributed by atoms with van der Waals surface area (Å²) in [5.74, 6) is -0.328. The quantitative estimate of drug-likeness (QED) is 0.707. The van der Waals surface area contributed by atoms with Gasteiger partial charge >= 0.3 is 5.97 Å². The minimum atomic E-state index is -1.14. The van der Waals surface area contributed by atoms with Crippen LogP contribution in [0.4, 0.5) is 17.2 Å². The first-order valence-electron chi connectivity index (χ1n) is 8.32. The molecular formula is C18H18BrClN4O3. The second-order valence-electron chi connectivity index (χ2n) is 6.56. The Bertz CT molecular complexity index is 935. The van der Waals surface area contributed by atoms with Crippen molar-refractivity contribution in [3.63, 3.8) is 0 Å². The van der Waals surface area contributed by atoms with Crippen molar-refractivity contribution in [1.29, 1.82) is 0 Å². The van der Waals surface area contributed by atoms with Crippen LogP contribution in [0.1, 0.15) is 31.2 Å². The van der Waals surface area contributed by atoms with Gasteiger partial charge < -0.3 is 10.0 Å².